The predicted octanol–water partition coefficient (Wildman–Crippen LogP) is 3.63. The van der Waals surface area contributed by atoms with Crippen molar-refractivity contribution in [2.75, 3.05) is 10.7 Å². The summed E-state index contributed by atoms with van der Waals surface area (Å²) in [5, 5.41) is 7.63. The number of anilines is 2. The van der Waals surface area contributed by atoms with Crippen LogP contribution >= 0.6 is 0 Å². The molecule has 3 rings (SSSR count). The van der Waals surface area contributed by atoms with E-state index in [0.29, 0.717) is 18.3 Å². The molecule has 0 aliphatic rings. The molecule has 1 aromatic carbocycles. The second-order valence-electron chi connectivity index (χ2n) is 5.60. The Labute approximate surface area is 147 Å². The van der Waals surface area contributed by atoms with Crippen molar-refractivity contribution in [3.05, 3.63) is 77.7 Å². The number of nitrogens with zero attached hydrogens (tertiary/aromatic N) is 4. The van der Waals surface area contributed by atoms with Crippen LogP contribution in [0, 0.1) is 6.92 Å². The van der Waals surface area contributed by atoms with Crippen LogP contribution in [-0.4, -0.2) is 20.7 Å². The van der Waals surface area contributed by atoms with Crippen LogP contribution in [-0.2, 0) is 6.54 Å². The normalized spacial score (nSPS) is 11.2. The molecule has 6 nitrogen and oxygen atoms in total. The van der Waals surface area contributed by atoms with Gasteiger partial charge in [0.1, 0.15) is 0 Å². The third kappa shape index (κ3) is 4.84. The van der Waals surface area contributed by atoms with Crippen molar-refractivity contribution in [3.63, 3.8) is 0 Å². The number of aromatic nitrogens is 3. The first kappa shape index (κ1) is 16.6. The molecule has 0 unspecified atom stereocenters. The minimum atomic E-state index is 0.572. The van der Waals surface area contributed by atoms with Crippen molar-refractivity contribution in [2.24, 2.45) is 5.10 Å². The lowest BCUT2D eigenvalue weighted by atomic mass is 10.2. The molecular weight excluding hydrogens is 312 g/mol. The van der Waals surface area contributed by atoms with Crippen molar-refractivity contribution in [3.8, 4) is 0 Å². The van der Waals surface area contributed by atoms with Crippen molar-refractivity contribution < 1.29 is 0 Å². The van der Waals surface area contributed by atoms with E-state index in [9.17, 15) is 0 Å². The van der Waals surface area contributed by atoms with Gasteiger partial charge in [-0.25, -0.2) is 4.98 Å². The molecule has 25 heavy (non-hydrogen) atoms. The Morgan fingerprint density at radius 2 is 1.80 bits per heavy atom. The lowest BCUT2D eigenvalue weighted by Crippen LogP contribution is -2.07. The van der Waals surface area contributed by atoms with Gasteiger partial charge in [0.2, 0.25) is 5.95 Å². The van der Waals surface area contributed by atoms with E-state index in [1.807, 2.05) is 50.2 Å². The zero-order valence-corrected chi connectivity index (χ0v) is 14.3. The van der Waals surface area contributed by atoms with Gasteiger partial charge in [-0.3, -0.25) is 10.4 Å². The average molecular weight is 332 g/mol. The lowest BCUT2D eigenvalue weighted by Gasteiger charge is -2.08. The first-order valence-electron chi connectivity index (χ1n) is 8.05. The SMILES string of the molecule is C/C(=N\Nc1cc(C)nc(NCc2ccccc2)n1)c1ccncc1. The Hall–Kier alpha value is -3.28. The van der Waals surface area contributed by atoms with E-state index >= 15 is 0 Å². The molecule has 0 saturated carbocycles. The van der Waals surface area contributed by atoms with E-state index in [1.165, 1.54) is 5.56 Å². The van der Waals surface area contributed by atoms with Crippen LogP contribution in [0.4, 0.5) is 11.8 Å². The smallest absolute Gasteiger partial charge is 0.225 e. The van der Waals surface area contributed by atoms with E-state index in [2.05, 4.69) is 42.9 Å². The molecule has 0 saturated heterocycles. The Kier molecular flexibility index (Phi) is 5.31. The van der Waals surface area contributed by atoms with Gasteiger partial charge in [-0.2, -0.15) is 10.1 Å². The molecule has 0 amide bonds. The molecule has 0 bridgehead atoms. The fraction of sp³-hybridized carbons (Fsp3) is 0.158. The molecule has 3 aromatic rings. The Balaban J connectivity index is 1.69. The second kappa shape index (κ2) is 8.01. The molecule has 0 aliphatic carbocycles. The van der Waals surface area contributed by atoms with E-state index in [-0.39, 0.29) is 0 Å². The largest absolute Gasteiger partial charge is 0.350 e. The molecule has 2 N–H and O–H groups in total. The van der Waals surface area contributed by atoms with Gasteiger partial charge < -0.3 is 5.32 Å². The number of aryl methyl sites for hydroxylation is 1. The summed E-state index contributed by atoms with van der Waals surface area (Å²) in [6, 6.07) is 15.8. The van der Waals surface area contributed by atoms with Gasteiger partial charge in [0.05, 0.1) is 5.71 Å². The molecule has 0 radical (unpaired) electrons. The maximum Gasteiger partial charge on any atom is 0.225 e. The van der Waals surface area contributed by atoms with Crippen molar-refractivity contribution in [1.29, 1.82) is 0 Å². The molecule has 126 valence electrons. The fourth-order valence-electron chi connectivity index (χ4n) is 2.28. The fourth-order valence-corrected chi connectivity index (χ4v) is 2.28. The number of pyridine rings is 1. The summed E-state index contributed by atoms with van der Waals surface area (Å²) in [4.78, 5) is 12.9. The molecule has 6 heteroatoms. The van der Waals surface area contributed by atoms with Crippen molar-refractivity contribution >= 4 is 17.5 Å². The molecule has 0 spiro atoms. The zero-order valence-electron chi connectivity index (χ0n) is 14.3. The van der Waals surface area contributed by atoms with Gasteiger partial charge in [0.25, 0.3) is 0 Å². The summed E-state index contributed by atoms with van der Waals surface area (Å²) < 4.78 is 0. The highest BCUT2D eigenvalue weighted by atomic mass is 15.3. The van der Waals surface area contributed by atoms with Crippen LogP contribution in [0.3, 0.4) is 0 Å². The highest BCUT2D eigenvalue weighted by Gasteiger charge is 2.03. The maximum atomic E-state index is 4.46. The summed E-state index contributed by atoms with van der Waals surface area (Å²) in [5.41, 5.74) is 6.91. The lowest BCUT2D eigenvalue weighted by molar-refractivity contribution is 1.02. The Morgan fingerprint density at radius 1 is 1.04 bits per heavy atom. The standard InChI is InChI=1S/C19H20N6/c1-14-12-18(25-24-15(2)17-8-10-20-11-9-17)23-19(22-14)21-13-16-6-4-3-5-7-16/h3-12H,13H2,1-2H3,(H2,21,22,23,25)/b24-15+. The van der Waals surface area contributed by atoms with Crippen LogP contribution in [0.5, 0.6) is 0 Å². The summed E-state index contributed by atoms with van der Waals surface area (Å²) in [5.74, 6) is 1.22. The number of hydrogen-bond donors (Lipinski definition) is 2. The molecule has 0 atom stereocenters. The quantitative estimate of drug-likeness (QED) is 0.532. The molecule has 0 fully saturated rings. The molecule has 2 heterocycles. The second-order valence-corrected chi connectivity index (χ2v) is 5.60. The summed E-state index contributed by atoms with van der Waals surface area (Å²) in [6.45, 7) is 4.54. The summed E-state index contributed by atoms with van der Waals surface area (Å²) in [6.07, 6.45) is 3.49. The molecule has 2 aromatic heterocycles. The van der Waals surface area contributed by atoms with Gasteiger partial charge in [-0.1, -0.05) is 30.3 Å². The van der Waals surface area contributed by atoms with Gasteiger partial charge in [-0.15, -0.1) is 0 Å². The van der Waals surface area contributed by atoms with Crippen LogP contribution in [0.2, 0.25) is 0 Å². The van der Waals surface area contributed by atoms with Crippen LogP contribution in [0.15, 0.2) is 66.0 Å². The average Bonchev–Trinajstić information content (AvgIpc) is 2.66. The number of nitrogens with one attached hydrogen (secondary N) is 2. The monoisotopic (exact) mass is 332 g/mol. The molecular formula is C19H20N6. The van der Waals surface area contributed by atoms with E-state index in [1.54, 1.807) is 12.4 Å². The first-order valence-corrected chi connectivity index (χ1v) is 8.05. The number of rotatable bonds is 6. The Bertz CT molecular complexity index is 846. The summed E-state index contributed by atoms with van der Waals surface area (Å²) in [7, 11) is 0. The van der Waals surface area contributed by atoms with Crippen molar-refractivity contribution in [2.45, 2.75) is 20.4 Å². The number of hydrogen-bond acceptors (Lipinski definition) is 6. The van der Waals surface area contributed by atoms with Crippen LogP contribution in [0.25, 0.3) is 0 Å². The van der Waals surface area contributed by atoms with Gasteiger partial charge in [-0.05, 0) is 31.5 Å². The van der Waals surface area contributed by atoms with Gasteiger partial charge in [0.15, 0.2) is 5.82 Å². The minimum absolute atomic E-state index is 0.572. The topological polar surface area (TPSA) is 75.1 Å². The summed E-state index contributed by atoms with van der Waals surface area (Å²) >= 11 is 0. The highest BCUT2D eigenvalue weighted by molar-refractivity contribution is 5.98. The predicted molar refractivity (Wildman–Crippen MR) is 101 cm³/mol. The van der Waals surface area contributed by atoms with Crippen LogP contribution in [0.1, 0.15) is 23.7 Å². The minimum Gasteiger partial charge on any atom is -0.350 e. The van der Waals surface area contributed by atoms with E-state index in [4.69, 9.17) is 0 Å². The van der Waals surface area contributed by atoms with Gasteiger partial charge >= 0.3 is 0 Å². The molecule has 0 aliphatic heterocycles. The highest BCUT2D eigenvalue weighted by Crippen LogP contribution is 2.11. The number of benzene rings is 1. The zero-order chi connectivity index (χ0) is 17.5. The van der Waals surface area contributed by atoms with E-state index in [0.717, 1.165) is 17.0 Å². The third-order valence-corrected chi connectivity index (χ3v) is 3.58. The maximum absolute atomic E-state index is 4.46. The van der Waals surface area contributed by atoms with E-state index < -0.39 is 0 Å². The van der Waals surface area contributed by atoms with Crippen molar-refractivity contribution in [1.82, 2.24) is 15.0 Å². The Morgan fingerprint density at radius 3 is 2.56 bits per heavy atom. The van der Waals surface area contributed by atoms with Crippen LogP contribution < -0.4 is 10.7 Å². The van der Waals surface area contributed by atoms with Gasteiger partial charge in [0, 0.05) is 36.3 Å². The third-order valence-electron chi connectivity index (χ3n) is 3.58. The number of hydrazone groups is 1. The first-order chi connectivity index (χ1) is 12.2.